The normalized spacial score (nSPS) is 13.1. The first-order chi connectivity index (χ1) is 9.19. The molecule has 0 aliphatic rings. The number of esters is 1. The van der Waals surface area contributed by atoms with Gasteiger partial charge < -0.3 is 10.1 Å². The molecule has 0 unspecified atom stereocenters. The SMILES string of the molecule is CC(C)[C@@H](NC(=O)Cc1ccsc1)C(=O)OC(C)(C)C. The molecule has 0 fully saturated rings. The summed E-state index contributed by atoms with van der Waals surface area (Å²) in [6, 6.07) is 1.29. The molecule has 4 nitrogen and oxygen atoms in total. The first-order valence-corrected chi connectivity index (χ1v) is 7.66. The lowest BCUT2D eigenvalue weighted by Crippen LogP contribution is -2.47. The van der Waals surface area contributed by atoms with Gasteiger partial charge in [-0.25, -0.2) is 4.79 Å². The smallest absolute Gasteiger partial charge is 0.329 e. The molecule has 0 saturated carbocycles. The van der Waals surface area contributed by atoms with Crippen LogP contribution in [0, 0.1) is 5.92 Å². The monoisotopic (exact) mass is 297 g/mol. The van der Waals surface area contributed by atoms with Crippen LogP contribution in [0.5, 0.6) is 0 Å². The summed E-state index contributed by atoms with van der Waals surface area (Å²) in [5, 5.41) is 6.62. The van der Waals surface area contributed by atoms with Crippen LogP contribution in [0.3, 0.4) is 0 Å². The Labute approximate surface area is 124 Å². The quantitative estimate of drug-likeness (QED) is 0.850. The van der Waals surface area contributed by atoms with E-state index in [9.17, 15) is 9.59 Å². The number of rotatable bonds is 5. The molecule has 1 heterocycles. The fourth-order valence-electron chi connectivity index (χ4n) is 1.67. The van der Waals surface area contributed by atoms with E-state index in [0.29, 0.717) is 0 Å². The number of hydrogen-bond donors (Lipinski definition) is 1. The number of amides is 1. The molecule has 0 aliphatic heterocycles. The predicted molar refractivity (Wildman–Crippen MR) is 80.6 cm³/mol. The summed E-state index contributed by atoms with van der Waals surface area (Å²) in [6.45, 7) is 9.22. The minimum absolute atomic E-state index is 0.0173. The zero-order chi connectivity index (χ0) is 15.3. The Morgan fingerprint density at radius 2 is 2.00 bits per heavy atom. The number of thiophene rings is 1. The lowest BCUT2D eigenvalue weighted by atomic mass is 10.0. The molecule has 0 aliphatic carbocycles. The number of hydrogen-bond acceptors (Lipinski definition) is 4. The summed E-state index contributed by atoms with van der Waals surface area (Å²) in [7, 11) is 0. The van der Waals surface area contributed by atoms with Crippen LogP contribution in [0.4, 0.5) is 0 Å². The highest BCUT2D eigenvalue weighted by molar-refractivity contribution is 7.07. The van der Waals surface area contributed by atoms with Gasteiger partial charge in [0.05, 0.1) is 6.42 Å². The van der Waals surface area contributed by atoms with Crippen molar-refractivity contribution in [2.24, 2.45) is 5.92 Å². The molecule has 112 valence electrons. The molecule has 1 N–H and O–H groups in total. The van der Waals surface area contributed by atoms with Crippen molar-refractivity contribution >= 4 is 23.2 Å². The molecule has 0 saturated heterocycles. The molecule has 0 spiro atoms. The predicted octanol–water partition coefficient (Wildman–Crippen LogP) is 2.77. The van der Waals surface area contributed by atoms with Crippen molar-refractivity contribution in [3.63, 3.8) is 0 Å². The van der Waals surface area contributed by atoms with Gasteiger partial charge in [-0.2, -0.15) is 11.3 Å². The second-order valence-electron chi connectivity index (χ2n) is 6.13. The standard InChI is InChI=1S/C15H23NO3S/c1-10(2)13(14(18)19-15(3,4)5)16-12(17)8-11-6-7-20-9-11/h6-7,9-10,13H,8H2,1-5H3,(H,16,17)/t13-/m1/s1. The van der Waals surface area contributed by atoms with Gasteiger partial charge in [0, 0.05) is 0 Å². The Balaban J connectivity index is 2.63. The fraction of sp³-hybridized carbons (Fsp3) is 0.600. The van der Waals surface area contributed by atoms with Gasteiger partial charge in [-0.05, 0) is 49.1 Å². The maximum absolute atomic E-state index is 12.1. The van der Waals surface area contributed by atoms with E-state index in [1.165, 1.54) is 0 Å². The summed E-state index contributed by atoms with van der Waals surface area (Å²) in [5.74, 6) is -0.560. The van der Waals surface area contributed by atoms with E-state index in [1.807, 2.05) is 51.4 Å². The van der Waals surface area contributed by atoms with Crippen LogP contribution in [0.15, 0.2) is 16.8 Å². The van der Waals surface area contributed by atoms with Crippen LogP contribution in [-0.4, -0.2) is 23.5 Å². The molecule has 0 bridgehead atoms. The van der Waals surface area contributed by atoms with E-state index in [1.54, 1.807) is 11.3 Å². The molecule has 5 heteroatoms. The molecular formula is C15H23NO3S. The molecule has 20 heavy (non-hydrogen) atoms. The Hall–Kier alpha value is -1.36. The molecule has 1 atom stereocenters. The third-order valence-corrected chi connectivity index (χ3v) is 3.32. The lowest BCUT2D eigenvalue weighted by molar-refractivity contribution is -0.159. The van der Waals surface area contributed by atoms with Crippen LogP contribution < -0.4 is 5.32 Å². The Morgan fingerprint density at radius 3 is 2.45 bits per heavy atom. The van der Waals surface area contributed by atoms with Crippen LogP contribution >= 0.6 is 11.3 Å². The topological polar surface area (TPSA) is 55.4 Å². The third kappa shape index (κ3) is 5.74. The molecular weight excluding hydrogens is 274 g/mol. The van der Waals surface area contributed by atoms with E-state index in [4.69, 9.17) is 4.74 Å². The van der Waals surface area contributed by atoms with Gasteiger partial charge in [-0.3, -0.25) is 4.79 Å². The van der Waals surface area contributed by atoms with Crippen LogP contribution in [0.25, 0.3) is 0 Å². The molecule has 0 aromatic carbocycles. The average Bonchev–Trinajstić information content (AvgIpc) is 2.75. The third-order valence-electron chi connectivity index (χ3n) is 2.59. The average molecular weight is 297 g/mol. The van der Waals surface area contributed by atoms with Gasteiger partial charge >= 0.3 is 5.97 Å². The minimum Gasteiger partial charge on any atom is -0.458 e. The first-order valence-electron chi connectivity index (χ1n) is 6.72. The van der Waals surface area contributed by atoms with Gasteiger partial charge in [0.1, 0.15) is 11.6 Å². The zero-order valence-corrected chi connectivity index (χ0v) is 13.5. The molecule has 1 aromatic rings. The summed E-state index contributed by atoms with van der Waals surface area (Å²) in [6.07, 6.45) is 0.287. The highest BCUT2D eigenvalue weighted by atomic mass is 32.1. The van der Waals surface area contributed by atoms with Crippen molar-refractivity contribution in [3.8, 4) is 0 Å². The summed E-state index contributed by atoms with van der Waals surface area (Å²) in [5.41, 5.74) is 0.404. The second kappa shape index (κ2) is 6.88. The van der Waals surface area contributed by atoms with Crippen molar-refractivity contribution in [1.29, 1.82) is 0 Å². The van der Waals surface area contributed by atoms with Crippen molar-refractivity contribution in [1.82, 2.24) is 5.32 Å². The molecule has 1 aromatic heterocycles. The van der Waals surface area contributed by atoms with Crippen LogP contribution in [0.2, 0.25) is 0 Å². The Morgan fingerprint density at radius 1 is 1.35 bits per heavy atom. The van der Waals surface area contributed by atoms with E-state index >= 15 is 0 Å². The lowest BCUT2D eigenvalue weighted by Gasteiger charge is -2.26. The number of carbonyl (C=O) groups excluding carboxylic acids is 2. The second-order valence-corrected chi connectivity index (χ2v) is 6.91. The van der Waals surface area contributed by atoms with Gasteiger partial charge in [0.15, 0.2) is 0 Å². The van der Waals surface area contributed by atoms with E-state index in [-0.39, 0.29) is 24.2 Å². The van der Waals surface area contributed by atoms with Gasteiger partial charge in [0.2, 0.25) is 5.91 Å². The van der Waals surface area contributed by atoms with E-state index < -0.39 is 11.6 Å². The maximum Gasteiger partial charge on any atom is 0.329 e. The Bertz CT molecular complexity index is 446. The first kappa shape index (κ1) is 16.7. The van der Waals surface area contributed by atoms with E-state index in [0.717, 1.165) is 5.56 Å². The largest absolute Gasteiger partial charge is 0.458 e. The van der Waals surface area contributed by atoms with Crippen LogP contribution in [-0.2, 0) is 20.7 Å². The fourth-order valence-corrected chi connectivity index (χ4v) is 2.33. The number of ether oxygens (including phenoxy) is 1. The number of nitrogens with one attached hydrogen (secondary N) is 1. The maximum atomic E-state index is 12.1. The van der Waals surface area contributed by atoms with Crippen LogP contribution in [0.1, 0.15) is 40.2 Å². The van der Waals surface area contributed by atoms with Crippen molar-refractivity contribution < 1.29 is 14.3 Å². The summed E-state index contributed by atoms with van der Waals surface area (Å²) in [4.78, 5) is 24.1. The number of carbonyl (C=O) groups is 2. The highest BCUT2D eigenvalue weighted by Crippen LogP contribution is 2.13. The minimum atomic E-state index is -0.611. The molecule has 0 radical (unpaired) electrons. The van der Waals surface area contributed by atoms with Crippen molar-refractivity contribution in [2.75, 3.05) is 0 Å². The van der Waals surface area contributed by atoms with Gasteiger partial charge in [-0.1, -0.05) is 13.8 Å². The molecule has 1 rings (SSSR count). The van der Waals surface area contributed by atoms with Crippen molar-refractivity contribution in [3.05, 3.63) is 22.4 Å². The summed E-state index contributed by atoms with van der Waals surface area (Å²) >= 11 is 1.55. The van der Waals surface area contributed by atoms with Crippen molar-refractivity contribution in [2.45, 2.75) is 52.7 Å². The van der Waals surface area contributed by atoms with E-state index in [2.05, 4.69) is 5.32 Å². The van der Waals surface area contributed by atoms with Gasteiger partial charge in [-0.15, -0.1) is 0 Å². The molecule has 1 amide bonds. The Kier molecular flexibility index (Phi) is 5.74. The van der Waals surface area contributed by atoms with Gasteiger partial charge in [0.25, 0.3) is 0 Å². The highest BCUT2D eigenvalue weighted by Gasteiger charge is 2.29. The zero-order valence-electron chi connectivity index (χ0n) is 12.7. The summed E-state index contributed by atoms with van der Waals surface area (Å²) < 4.78 is 5.35.